The molecule has 1 aliphatic carbocycles. The summed E-state index contributed by atoms with van der Waals surface area (Å²) in [6, 6.07) is 10.1. The summed E-state index contributed by atoms with van der Waals surface area (Å²) >= 11 is 0. The molecule has 0 aliphatic heterocycles. The predicted octanol–water partition coefficient (Wildman–Crippen LogP) is 3.65. The lowest BCUT2D eigenvalue weighted by Crippen LogP contribution is -2.42. The lowest BCUT2D eigenvalue weighted by atomic mass is 9.97. The summed E-state index contributed by atoms with van der Waals surface area (Å²) in [6.45, 7) is 3.44. The van der Waals surface area contributed by atoms with Crippen molar-refractivity contribution in [2.75, 3.05) is 6.54 Å². The minimum absolute atomic E-state index is 0.0707. The van der Waals surface area contributed by atoms with Crippen molar-refractivity contribution >= 4 is 16.8 Å². The zero-order valence-electron chi connectivity index (χ0n) is 16.1. The highest BCUT2D eigenvalue weighted by Gasteiger charge is 2.27. The van der Waals surface area contributed by atoms with E-state index in [1.54, 1.807) is 0 Å². The maximum Gasteiger partial charge on any atom is 0.270 e. The summed E-state index contributed by atoms with van der Waals surface area (Å²) < 4.78 is 0. The summed E-state index contributed by atoms with van der Waals surface area (Å²) in [6.07, 6.45) is 10.2. The Bertz CT molecular complexity index is 946. The number of para-hydroxylation sites is 1. The Hall–Kier alpha value is -3.15. The first-order chi connectivity index (χ1) is 13.7. The van der Waals surface area contributed by atoms with Crippen molar-refractivity contribution in [2.45, 2.75) is 38.8 Å². The van der Waals surface area contributed by atoms with E-state index in [-0.39, 0.29) is 11.9 Å². The second-order valence-corrected chi connectivity index (χ2v) is 7.13. The van der Waals surface area contributed by atoms with E-state index in [0.29, 0.717) is 18.8 Å². The Labute approximate surface area is 164 Å². The van der Waals surface area contributed by atoms with Crippen LogP contribution in [0, 0.1) is 0 Å². The number of benzene rings is 1. The number of allylic oxidation sites excluding steroid dienone is 1. The highest BCUT2D eigenvalue weighted by Crippen LogP contribution is 2.24. The molecule has 1 unspecified atom stereocenters. The highest BCUT2D eigenvalue weighted by atomic mass is 16.2. The van der Waals surface area contributed by atoms with Gasteiger partial charge in [0.2, 0.25) is 0 Å². The molecule has 2 heterocycles. The van der Waals surface area contributed by atoms with Crippen molar-refractivity contribution < 1.29 is 4.79 Å². The average Bonchev–Trinajstić information content (AvgIpc) is 3.18. The molecule has 1 aromatic carbocycles. The fourth-order valence-corrected chi connectivity index (χ4v) is 3.85. The summed E-state index contributed by atoms with van der Waals surface area (Å²) in [5, 5.41) is 4.55. The lowest BCUT2D eigenvalue weighted by molar-refractivity contribution is 0.0669. The molecule has 144 valence electrons. The SMILES string of the molecule is CCN(C(=O)c1cc2ccccc2[nH]1)C1CCC=C(NCc2cncnc2)C1. The summed E-state index contributed by atoms with van der Waals surface area (Å²) in [5.74, 6) is 0.0707. The smallest absolute Gasteiger partial charge is 0.270 e. The summed E-state index contributed by atoms with van der Waals surface area (Å²) in [4.78, 5) is 26.5. The predicted molar refractivity (Wildman–Crippen MR) is 110 cm³/mol. The molecule has 1 atom stereocenters. The molecule has 0 fully saturated rings. The first-order valence-corrected chi connectivity index (χ1v) is 9.80. The number of hydrogen-bond donors (Lipinski definition) is 2. The molecule has 0 saturated heterocycles. The number of nitrogens with one attached hydrogen (secondary N) is 2. The van der Waals surface area contributed by atoms with Gasteiger partial charge in [0, 0.05) is 60.1 Å². The number of carbonyl (C=O) groups excluding carboxylic acids is 1. The number of aromatic amines is 1. The first kappa shape index (κ1) is 18.2. The van der Waals surface area contributed by atoms with Crippen LogP contribution in [0.15, 0.2) is 60.8 Å². The van der Waals surface area contributed by atoms with E-state index >= 15 is 0 Å². The van der Waals surface area contributed by atoms with E-state index in [2.05, 4.69) is 26.3 Å². The fourth-order valence-electron chi connectivity index (χ4n) is 3.85. The van der Waals surface area contributed by atoms with E-state index < -0.39 is 0 Å². The van der Waals surface area contributed by atoms with Gasteiger partial charge in [0.05, 0.1) is 0 Å². The van der Waals surface area contributed by atoms with Crippen LogP contribution in [0.4, 0.5) is 0 Å². The molecule has 0 bridgehead atoms. The molecule has 1 aliphatic rings. The van der Waals surface area contributed by atoms with Crippen LogP contribution in [-0.2, 0) is 6.54 Å². The molecule has 4 rings (SSSR count). The zero-order chi connectivity index (χ0) is 19.3. The normalized spacial score (nSPS) is 16.6. The molecule has 3 aromatic rings. The Morgan fingerprint density at radius 2 is 2.11 bits per heavy atom. The number of rotatable bonds is 6. The third kappa shape index (κ3) is 3.91. The van der Waals surface area contributed by atoms with Crippen molar-refractivity contribution in [3.05, 3.63) is 72.1 Å². The average molecular weight is 375 g/mol. The Kier molecular flexibility index (Phi) is 5.37. The molecule has 6 heteroatoms. The van der Waals surface area contributed by atoms with Gasteiger partial charge < -0.3 is 15.2 Å². The summed E-state index contributed by atoms with van der Waals surface area (Å²) in [7, 11) is 0. The minimum atomic E-state index is 0.0707. The van der Waals surface area contributed by atoms with Crippen LogP contribution in [0.2, 0.25) is 0 Å². The molecule has 0 radical (unpaired) electrons. The van der Waals surface area contributed by atoms with Crippen LogP contribution in [0.25, 0.3) is 10.9 Å². The number of carbonyl (C=O) groups is 1. The van der Waals surface area contributed by atoms with E-state index in [4.69, 9.17) is 0 Å². The maximum absolute atomic E-state index is 13.2. The Balaban J connectivity index is 1.44. The molecule has 2 N–H and O–H groups in total. The van der Waals surface area contributed by atoms with Gasteiger partial charge in [0.15, 0.2) is 0 Å². The minimum Gasteiger partial charge on any atom is -0.384 e. The molecule has 0 spiro atoms. The van der Waals surface area contributed by atoms with Gasteiger partial charge in [-0.15, -0.1) is 0 Å². The van der Waals surface area contributed by atoms with Crippen LogP contribution < -0.4 is 5.32 Å². The van der Waals surface area contributed by atoms with Gasteiger partial charge in [-0.25, -0.2) is 9.97 Å². The number of amides is 1. The van der Waals surface area contributed by atoms with Crippen LogP contribution >= 0.6 is 0 Å². The number of fused-ring (bicyclic) bond motifs is 1. The number of aromatic nitrogens is 3. The number of nitrogens with zero attached hydrogens (tertiary/aromatic N) is 3. The third-order valence-electron chi connectivity index (χ3n) is 5.28. The van der Waals surface area contributed by atoms with Gasteiger partial charge >= 0.3 is 0 Å². The maximum atomic E-state index is 13.2. The highest BCUT2D eigenvalue weighted by molar-refractivity contribution is 5.98. The second-order valence-electron chi connectivity index (χ2n) is 7.13. The number of hydrogen-bond acceptors (Lipinski definition) is 4. The second kappa shape index (κ2) is 8.25. The molecule has 2 aromatic heterocycles. The van der Waals surface area contributed by atoms with Crippen LogP contribution in [0.1, 0.15) is 42.2 Å². The van der Waals surface area contributed by atoms with Crippen LogP contribution in [-0.4, -0.2) is 38.3 Å². The largest absolute Gasteiger partial charge is 0.384 e. The molecular formula is C22H25N5O. The molecule has 6 nitrogen and oxygen atoms in total. The zero-order valence-corrected chi connectivity index (χ0v) is 16.1. The Morgan fingerprint density at radius 3 is 2.89 bits per heavy atom. The Morgan fingerprint density at radius 1 is 1.29 bits per heavy atom. The van der Waals surface area contributed by atoms with Crippen LogP contribution in [0.3, 0.4) is 0 Å². The van der Waals surface area contributed by atoms with Crippen molar-refractivity contribution in [3.63, 3.8) is 0 Å². The summed E-state index contributed by atoms with van der Waals surface area (Å²) in [5.41, 5.74) is 3.89. The van der Waals surface area contributed by atoms with Gasteiger partial charge in [-0.1, -0.05) is 24.3 Å². The quantitative estimate of drug-likeness (QED) is 0.690. The van der Waals surface area contributed by atoms with Gasteiger partial charge in [-0.05, 0) is 31.9 Å². The van der Waals surface area contributed by atoms with Gasteiger partial charge in [0.25, 0.3) is 5.91 Å². The van der Waals surface area contributed by atoms with E-state index in [0.717, 1.165) is 35.7 Å². The van der Waals surface area contributed by atoms with Crippen molar-refractivity contribution in [1.82, 2.24) is 25.2 Å². The third-order valence-corrected chi connectivity index (χ3v) is 5.28. The molecule has 28 heavy (non-hydrogen) atoms. The topological polar surface area (TPSA) is 73.9 Å². The van der Waals surface area contributed by atoms with Gasteiger partial charge in [-0.2, -0.15) is 0 Å². The molecular weight excluding hydrogens is 350 g/mol. The molecule has 1 amide bonds. The fraction of sp³-hybridized carbons (Fsp3) is 0.318. The van der Waals surface area contributed by atoms with E-state index in [1.807, 2.05) is 54.5 Å². The van der Waals surface area contributed by atoms with Gasteiger partial charge in [0.1, 0.15) is 12.0 Å². The standard InChI is InChI=1S/C22H25N5O/c1-2-27(22(28)21-10-17-6-3-4-9-20(17)26-21)19-8-5-7-18(11-19)25-14-16-12-23-15-24-13-16/h3-4,6-7,9-10,12-13,15,19,25-26H,2,5,8,11,14H2,1H3. The molecule has 0 saturated carbocycles. The number of H-pyrrole nitrogens is 1. The first-order valence-electron chi connectivity index (χ1n) is 9.80. The lowest BCUT2D eigenvalue weighted by Gasteiger charge is -2.33. The van der Waals surface area contributed by atoms with Gasteiger partial charge in [-0.3, -0.25) is 4.79 Å². The van der Waals surface area contributed by atoms with Crippen molar-refractivity contribution in [3.8, 4) is 0 Å². The van der Waals surface area contributed by atoms with Crippen molar-refractivity contribution in [1.29, 1.82) is 0 Å². The van der Waals surface area contributed by atoms with Crippen LogP contribution in [0.5, 0.6) is 0 Å². The van der Waals surface area contributed by atoms with E-state index in [1.165, 1.54) is 12.0 Å². The monoisotopic (exact) mass is 375 g/mol. The van der Waals surface area contributed by atoms with E-state index in [9.17, 15) is 4.79 Å². The van der Waals surface area contributed by atoms with Crippen molar-refractivity contribution in [2.24, 2.45) is 0 Å².